The lowest BCUT2D eigenvalue weighted by molar-refractivity contribution is -0.137. The van der Waals surface area contributed by atoms with Gasteiger partial charge in [0.1, 0.15) is 0 Å². The molecular weight excluding hydrogens is 318 g/mol. The van der Waals surface area contributed by atoms with Crippen LogP contribution in [0, 0.1) is 0 Å². The Kier molecular flexibility index (Phi) is 5.81. The van der Waals surface area contributed by atoms with Crippen molar-refractivity contribution >= 4 is 39.1 Å². The molecule has 0 fully saturated rings. The molecule has 18 heavy (non-hydrogen) atoms. The molecule has 100 valence electrons. The quantitative estimate of drug-likeness (QED) is 0.840. The lowest BCUT2D eigenvalue weighted by Gasteiger charge is -2.16. The van der Waals surface area contributed by atoms with Crippen molar-refractivity contribution in [3.05, 3.63) is 20.8 Å². The van der Waals surface area contributed by atoms with Crippen LogP contribution in [0.1, 0.15) is 37.5 Å². The lowest BCUT2D eigenvalue weighted by atomic mass is 10.1. The summed E-state index contributed by atoms with van der Waals surface area (Å²) in [6.07, 6.45) is 0.516. The van der Waals surface area contributed by atoms with Crippen LogP contribution >= 0.6 is 27.3 Å². The Morgan fingerprint density at radius 1 is 1.44 bits per heavy atom. The average molecular weight is 334 g/mol. The number of carbonyl (C=O) groups is 2. The van der Waals surface area contributed by atoms with Gasteiger partial charge in [0, 0.05) is 17.3 Å². The van der Waals surface area contributed by atoms with E-state index in [1.165, 1.54) is 11.3 Å². The van der Waals surface area contributed by atoms with Crippen molar-refractivity contribution in [2.75, 3.05) is 0 Å². The molecule has 2 N–H and O–H groups in total. The summed E-state index contributed by atoms with van der Waals surface area (Å²) in [6.45, 7) is 3.66. The maximum absolute atomic E-state index is 11.9. The number of hydrogen-bond donors (Lipinski definition) is 2. The fourth-order valence-electron chi connectivity index (χ4n) is 1.47. The number of rotatable bonds is 6. The predicted molar refractivity (Wildman–Crippen MR) is 74.9 cm³/mol. The largest absolute Gasteiger partial charge is 0.481 e. The van der Waals surface area contributed by atoms with E-state index in [1.807, 2.05) is 26.0 Å². The number of carboxylic acid groups (broad SMARTS) is 1. The third-order valence-corrected chi connectivity index (χ3v) is 4.40. The van der Waals surface area contributed by atoms with Crippen LogP contribution in [0.2, 0.25) is 0 Å². The molecule has 0 saturated carbocycles. The van der Waals surface area contributed by atoms with Gasteiger partial charge in [0.25, 0.3) is 0 Å². The number of carbonyl (C=O) groups excluding carboxylic acids is 1. The predicted octanol–water partition coefficient (Wildman–Crippen LogP) is 2.98. The molecule has 1 heterocycles. The number of thiophene rings is 1. The molecule has 2 atom stereocenters. The molecule has 0 spiro atoms. The Morgan fingerprint density at radius 2 is 2.11 bits per heavy atom. The monoisotopic (exact) mass is 333 g/mol. The zero-order chi connectivity index (χ0) is 13.7. The SMILES string of the molecule is CC(CCC(=O)O)NC(=O)C(C)c1ccc(Br)s1. The third kappa shape index (κ3) is 4.78. The first-order valence-electron chi connectivity index (χ1n) is 5.67. The molecule has 1 aromatic rings. The highest BCUT2D eigenvalue weighted by Crippen LogP contribution is 2.28. The summed E-state index contributed by atoms with van der Waals surface area (Å²) in [5, 5.41) is 11.4. The molecule has 0 radical (unpaired) electrons. The maximum atomic E-state index is 11.9. The molecule has 4 nitrogen and oxygen atoms in total. The van der Waals surface area contributed by atoms with Gasteiger partial charge < -0.3 is 10.4 Å². The van der Waals surface area contributed by atoms with Gasteiger partial charge in [-0.3, -0.25) is 9.59 Å². The summed E-state index contributed by atoms with van der Waals surface area (Å²) in [4.78, 5) is 23.4. The van der Waals surface area contributed by atoms with Crippen LogP contribution in [-0.2, 0) is 9.59 Å². The molecule has 1 rings (SSSR count). The average Bonchev–Trinajstić information content (AvgIpc) is 2.72. The van der Waals surface area contributed by atoms with Crippen molar-refractivity contribution in [1.82, 2.24) is 5.32 Å². The van der Waals surface area contributed by atoms with Crippen molar-refractivity contribution < 1.29 is 14.7 Å². The van der Waals surface area contributed by atoms with Crippen LogP contribution in [0.4, 0.5) is 0 Å². The Bertz CT molecular complexity index is 433. The van der Waals surface area contributed by atoms with E-state index in [9.17, 15) is 9.59 Å². The lowest BCUT2D eigenvalue weighted by Crippen LogP contribution is -2.35. The first-order valence-corrected chi connectivity index (χ1v) is 7.28. The van der Waals surface area contributed by atoms with Crippen LogP contribution in [0.5, 0.6) is 0 Å². The highest BCUT2D eigenvalue weighted by Gasteiger charge is 2.18. The van der Waals surface area contributed by atoms with Gasteiger partial charge in [-0.05, 0) is 48.3 Å². The van der Waals surface area contributed by atoms with E-state index in [0.717, 1.165) is 8.66 Å². The first kappa shape index (κ1) is 15.2. The van der Waals surface area contributed by atoms with Crippen molar-refractivity contribution in [3.8, 4) is 0 Å². The molecular formula is C12H16BrNO3S. The van der Waals surface area contributed by atoms with E-state index in [2.05, 4.69) is 21.2 Å². The van der Waals surface area contributed by atoms with Crippen LogP contribution in [0.25, 0.3) is 0 Å². The van der Waals surface area contributed by atoms with Gasteiger partial charge in [-0.2, -0.15) is 0 Å². The molecule has 0 aromatic carbocycles. The van der Waals surface area contributed by atoms with Gasteiger partial charge >= 0.3 is 5.97 Å². The summed E-state index contributed by atoms with van der Waals surface area (Å²) in [5.74, 6) is -1.12. The number of nitrogens with one attached hydrogen (secondary N) is 1. The van der Waals surface area contributed by atoms with Gasteiger partial charge in [0.2, 0.25) is 5.91 Å². The van der Waals surface area contributed by atoms with Gasteiger partial charge in [-0.25, -0.2) is 0 Å². The maximum Gasteiger partial charge on any atom is 0.303 e. The van der Waals surface area contributed by atoms with Crippen LogP contribution in [0.15, 0.2) is 15.9 Å². The molecule has 1 amide bonds. The highest BCUT2D eigenvalue weighted by molar-refractivity contribution is 9.11. The van der Waals surface area contributed by atoms with Crippen LogP contribution in [-0.4, -0.2) is 23.0 Å². The Labute approximate surface area is 119 Å². The number of halogens is 1. The number of hydrogen-bond acceptors (Lipinski definition) is 3. The normalized spacial score (nSPS) is 13.9. The zero-order valence-electron chi connectivity index (χ0n) is 10.3. The highest BCUT2D eigenvalue weighted by atomic mass is 79.9. The minimum absolute atomic E-state index is 0.0674. The number of amides is 1. The molecule has 0 aliphatic rings. The first-order chi connectivity index (χ1) is 8.40. The van der Waals surface area contributed by atoms with E-state index in [-0.39, 0.29) is 24.3 Å². The van der Waals surface area contributed by atoms with E-state index >= 15 is 0 Å². The number of aliphatic carboxylic acids is 1. The summed E-state index contributed by atoms with van der Waals surface area (Å²) in [5.41, 5.74) is 0. The molecule has 0 aliphatic carbocycles. The van der Waals surface area contributed by atoms with Crippen LogP contribution in [0.3, 0.4) is 0 Å². The van der Waals surface area contributed by atoms with Gasteiger partial charge in [-0.15, -0.1) is 11.3 Å². The summed E-state index contributed by atoms with van der Waals surface area (Å²) in [7, 11) is 0. The van der Waals surface area contributed by atoms with Crippen LogP contribution < -0.4 is 5.32 Å². The minimum atomic E-state index is -0.841. The van der Waals surface area contributed by atoms with Crippen molar-refractivity contribution in [1.29, 1.82) is 0 Å². The van der Waals surface area contributed by atoms with E-state index in [1.54, 1.807) is 0 Å². The summed E-state index contributed by atoms with van der Waals surface area (Å²) in [6, 6.07) is 3.71. The topological polar surface area (TPSA) is 66.4 Å². The second kappa shape index (κ2) is 6.89. The Hall–Kier alpha value is -0.880. The van der Waals surface area contributed by atoms with Crippen molar-refractivity contribution in [2.24, 2.45) is 0 Å². The Morgan fingerprint density at radius 3 is 2.61 bits per heavy atom. The zero-order valence-corrected chi connectivity index (χ0v) is 12.7. The minimum Gasteiger partial charge on any atom is -0.481 e. The Balaban J connectivity index is 2.47. The summed E-state index contributed by atoms with van der Waals surface area (Å²) < 4.78 is 0.996. The smallest absolute Gasteiger partial charge is 0.303 e. The second-order valence-corrected chi connectivity index (χ2v) is 6.70. The van der Waals surface area contributed by atoms with E-state index in [0.29, 0.717) is 6.42 Å². The molecule has 1 aromatic heterocycles. The molecule has 0 bridgehead atoms. The fourth-order valence-corrected chi connectivity index (χ4v) is 2.94. The standard InChI is InChI=1S/C12H16BrNO3S/c1-7(3-6-11(15)16)14-12(17)8(2)9-4-5-10(13)18-9/h4-5,7-8H,3,6H2,1-2H3,(H,14,17)(H,15,16). The summed E-state index contributed by atoms with van der Waals surface area (Å²) >= 11 is 4.89. The van der Waals surface area contributed by atoms with E-state index < -0.39 is 5.97 Å². The van der Waals surface area contributed by atoms with E-state index in [4.69, 9.17) is 5.11 Å². The van der Waals surface area contributed by atoms with Gasteiger partial charge in [0.05, 0.1) is 9.70 Å². The molecule has 6 heteroatoms. The third-order valence-electron chi connectivity index (χ3n) is 2.59. The molecule has 0 aliphatic heterocycles. The number of carboxylic acids is 1. The van der Waals surface area contributed by atoms with Gasteiger partial charge in [0.15, 0.2) is 0 Å². The van der Waals surface area contributed by atoms with Gasteiger partial charge in [-0.1, -0.05) is 0 Å². The fraction of sp³-hybridized carbons (Fsp3) is 0.500. The second-order valence-electron chi connectivity index (χ2n) is 4.21. The van der Waals surface area contributed by atoms with Crippen molar-refractivity contribution in [3.63, 3.8) is 0 Å². The molecule has 2 unspecified atom stereocenters. The molecule has 0 saturated heterocycles. The van der Waals surface area contributed by atoms with Crippen molar-refractivity contribution in [2.45, 2.75) is 38.6 Å².